The fourth-order valence-electron chi connectivity index (χ4n) is 2.74. The van der Waals surface area contributed by atoms with Gasteiger partial charge in [-0.05, 0) is 41.5 Å². The standard InChI is InChI=1S/C22H22N2O4S/c23-29(26,27)21-11-9-18(10-12-21)16-24-22(25)19-7-4-8-20(15-19)28-14-13-17-5-2-1-3-6-17/h1-12,15H,13-14,16H2,(H,24,25)(H2,23,26,27). The molecular formula is C22H22N2O4S. The summed E-state index contributed by atoms with van der Waals surface area (Å²) in [5.74, 6) is 0.389. The Hall–Kier alpha value is -3.16. The number of carbonyl (C=O) groups is 1. The number of hydrogen-bond acceptors (Lipinski definition) is 4. The molecule has 1 amide bonds. The molecule has 0 saturated carbocycles. The molecule has 0 unspecified atom stereocenters. The molecule has 0 aliphatic heterocycles. The molecule has 0 atom stereocenters. The van der Waals surface area contributed by atoms with E-state index in [9.17, 15) is 13.2 Å². The van der Waals surface area contributed by atoms with Crippen LogP contribution in [0.15, 0.2) is 83.8 Å². The van der Waals surface area contributed by atoms with Crippen molar-refractivity contribution < 1.29 is 17.9 Å². The van der Waals surface area contributed by atoms with Crippen LogP contribution in [0.1, 0.15) is 21.5 Å². The van der Waals surface area contributed by atoms with Crippen LogP contribution < -0.4 is 15.2 Å². The van der Waals surface area contributed by atoms with Crippen molar-refractivity contribution in [3.05, 3.63) is 95.6 Å². The zero-order chi connectivity index (χ0) is 20.7. The number of primary sulfonamides is 1. The first kappa shape index (κ1) is 20.6. The van der Waals surface area contributed by atoms with Gasteiger partial charge in [0.05, 0.1) is 11.5 Å². The number of carbonyl (C=O) groups excluding carboxylic acids is 1. The highest BCUT2D eigenvalue weighted by atomic mass is 32.2. The van der Waals surface area contributed by atoms with Crippen LogP contribution >= 0.6 is 0 Å². The number of hydrogen-bond donors (Lipinski definition) is 2. The van der Waals surface area contributed by atoms with E-state index < -0.39 is 10.0 Å². The molecule has 0 aromatic heterocycles. The van der Waals surface area contributed by atoms with Crippen LogP contribution in [0.3, 0.4) is 0 Å². The molecule has 0 aliphatic carbocycles. The van der Waals surface area contributed by atoms with E-state index in [-0.39, 0.29) is 17.3 Å². The Morgan fingerprint density at radius 2 is 1.62 bits per heavy atom. The summed E-state index contributed by atoms with van der Waals surface area (Å²) in [4.78, 5) is 12.4. The lowest BCUT2D eigenvalue weighted by Gasteiger charge is -2.09. The number of nitrogens with one attached hydrogen (secondary N) is 1. The highest BCUT2D eigenvalue weighted by Crippen LogP contribution is 2.14. The third-order valence-corrected chi connectivity index (χ3v) is 5.23. The monoisotopic (exact) mass is 410 g/mol. The van der Waals surface area contributed by atoms with Gasteiger partial charge in [0, 0.05) is 18.5 Å². The topological polar surface area (TPSA) is 98.5 Å². The minimum atomic E-state index is -3.73. The summed E-state index contributed by atoms with van der Waals surface area (Å²) in [6.45, 7) is 0.786. The van der Waals surface area contributed by atoms with E-state index in [4.69, 9.17) is 9.88 Å². The third-order valence-electron chi connectivity index (χ3n) is 4.30. The second-order valence-corrected chi connectivity index (χ2v) is 8.04. The van der Waals surface area contributed by atoms with E-state index in [1.165, 1.54) is 17.7 Å². The highest BCUT2D eigenvalue weighted by molar-refractivity contribution is 7.89. The molecular weight excluding hydrogens is 388 g/mol. The first-order chi connectivity index (χ1) is 13.9. The van der Waals surface area contributed by atoms with Crippen molar-refractivity contribution >= 4 is 15.9 Å². The van der Waals surface area contributed by atoms with Gasteiger partial charge in [-0.25, -0.2) is 13.6 Å². The summed E-state index contributed by atoms with van der Waals surface area (Å²) >= 11 is 0. The van der Waals surface area contributed by atoms with Gasteiger partial charge in [0.15, 0.2) is 0 Å². The van der Waals surface area contributed by atoms with E-state index in [1.54, 1.807) is 30.3 Å². The van der Waals surface area contributed by atoms with Crippen LogP contribution in [0.5, 0.6) is 5.75 Å². The molecule has 3 N–H and O–H groups in total. The van der Waals surface area contributed by atoms with Gasteiger partial charge < -0.3 is 10.1 Å². The third kappa shape index (κ3) is 6.17. The van der Waals surface area contributed by atoms with Gasteiger partial charge in [-0.3, -0.25) is 4.79 Å². The predicted octanol–water partition coefficient (Wildman–Crippen LogP) is 2.89. The minimum Gasteiger partial charge on any atom is -0.493 e. The quantitative estimate of drug-likeness (QED) is 0.596. The van der Waals surface area contributed by atoms with Crippen molar-refractivity contribution in [1.82, 2.24) is 5.32 Å². The largest absolute Gasteiger partial charge is 0.493 e. The van der Waals surface area contributed by atoms with Gasteiger partial charge in [-0.1, -0.05) is 48.5 Å². The molecule has 0 spiro atoms. The summed E-state index contributed by atoms with van der Waals surface area (Å²) < 4.78 is 28.3. The van der Waals surface area contributed by atoms with Gasteiger partial charge in [0.1, 0.15) is 5.75 Å². The summed E-state index contributed by atoms with van der Waals surface area (Å²) in [7, 11) is -3.73. The number of nitrogens with two attached hydrogens (primary N) is 1. The van der Waals surface area contributed by atoms with E-state index in [1.807, 2.05) is 36.4 Å². The van der Waals surface area contributed by atoms with Crippen molar-refractivity contribution in [3.8, 4) is 5.75 Å². The fourth-order valence-corrected chi connectivity index (χ4v) is 3.26. The maximum Gasteiger partial charge on any atom is 0.251 e. The Bertz CT molecular complexity index is 1070. The summed E-state index contributed by atoms with van der Waals surface area (Å²) in [5, 5.41) is 7.88. The van der Waals surface area contributed by atoms with Crippen LogP contribution in [0.2, 0.25) is 0 Å². The van der Waals surface area contributed by atoms with E-state index in [0.717, 1.165) is 12.0 Å². The average molecular weight is 410 g/mol. The molecule has 3 rings (SSSR count). The molecule has 0 heterocycles. The Labute approximate surface area is 170 Å². The zero-order valence-electron chi connectivity index (χ0n) is 15.7. The van der Waals surface area contributed by atoms with Gasteiger partial charge in [0.2, 0.25) is 10.0 Å². The number of sulfonamides is 1. The van der Waals surface area contributed by atoms with Gasteiger partial charge in [-0.2, -0.15) is 0 Å². The smallest absolute Gasteiger partial charge is 0.251 e. The summed E-state index contributed by atoms with van der Waals surface area (Å²) in [6.07, 6.45) is 0.784. The molecule has 0 saturated heterocycles. The zero-order valence-corrected chi connectivity index (χ0v) is 16.6. The van der Waals surface area contributed by atoms with Crippen LogP contribution in [-0.2, 0) is 23.0 Å². The predicted molar refractivity (Wildman–Crippen MR) is 111 cm³/mol. The first-order valence-corrected chi connectivity index (χ1v) is 10.6. The first-order valence-electron chi connectivity index (χ1n) is 9.08. The van der Waals surface area contributed by atoms with Gasteiger partial charge in [-0.15, -0.1) is 0 Å². The van der Waals surface area contributed by atoms with E-state index in [2.05, 4.69) is 5.32 Å². The van der Waals surface area contributed by atoms with Gasteiger partial charge >= 0.3 is 0 Å². The molecule has 3 aromatic rings. The molecule has 3 aromatic carbocycles. The van der Waals surface area contributed by atoms with Crippen molar-refractivity contribution in [1.29, 1.82) is 0 Å². The fraction of sp³-hybridized carbons (Fsp3) is 0.136. The van der Waals surface area contributed by atoms with Crippen molar-refractivity contribution in [2.75, 3.05) is 6.61 Å². The molecule has 0 fully saturated rings. The van der Waals surface area contributed by atoms with E-state index >= 15 is 0 Å². The average Bonchev–Trinajstić information content (AvgIpc) is 2.73. The Kier molecular flexibility index (Phi) is 6.64. The molecule has 29 heavy (non-hydrogen) atoms. The maximum atomic E-state index is 12.4. The molecule has 0 aliphatic rings. The molecule has 0 bridgehead atoms. The second kappa shape index (κ2) is 9.36. The van der Waals surface area contributed by atoms with Crippen molar-refractivity contribution in [2.45, 2.75) is 17.9 Å². The molecule has 150 valence electrons. The Balaban J connectivity index is 1.53. The Morgan fingerprint density at radius 3 is 2.31 bits per heavy atom. The highest BCUT2D eigenvalue weighted by Gasteiger charge is 2.09. The molecule has 6 nitrogen and oxygen atoms in total. The lowest BCUT2D eigenvalue weighted by molar-refractivity contribution is 0.0950. The van der Waals surface area contributed by atoms with Crippen molar-refractivity contribution in [2.24, 2.45) is 5.14 Å². The van der Waals surface area contributed by atoms with Crippen molar-refractivity contribution in [3.63, 3.8) is 0 Å². The van der Waals surface area contributed by atoms with Crippen LogP contribution in [-0.4, -0.2) is 20.9 Å². The van der Waals surface area contributed by atoms with E-state index in [0.29, 0.717) is 17.9 Å². The number of ether oxygens (including phenoxy) is 1. The number of amides is 1. The summed E-state index contributed by atoms with van der Waals surface area (Å²) in [6, 6.07) is 23.1. The molecule has 7 heteroatoms. The number of benzene rings is 3. The second-order valence-electron chi connectivity index (χ2n) is 6.48. The lowest BCUT2D eigenvalue weighted by atomic mass is 10.1. The minimum absolute atomic E-state index is 0.0351. The lowest BCUT2D eigenvalue weighted by Crippen LogP contribution is -2.22. The molecule has 0 radical (unpaired) electrons. The Morgan fingerprint density at radius 1 is 0.897 bits per heavy atom. The normalized spacial score (nSPS) is 11.1. The number of rotatable bonds is 8. The summed E-state index contributed by atoms with van der Waals surface area (Å²) in [5.41, 5.74) is 2.44. The van der Waals surface area contributed by atoms with Crippen LogP contribution in [0, 0.1) is 0 Å². The maximum absolute atomic E-state index is 12.4. The SMILES string of the molecule is NS(=O)(=O)c1ccc(CNC(=O)c2cccc(OCCc3ccccc3)c2)cc1. The van der Waals surface area contributed by atoms with Crippen LogP contribution in [0.25, 0.3) is 0 Å². The van der Waals surface area contributed by atoms with Gasteiger partial charge in [0.25, 0.3) is 5.91 Å². The van der Waals surface area contributed by atoms with Crippen LogP contribution in [0.4, 0.5) is 0 Å².